The van der Waals surface area contributed by atoms with E-state index in [1.807, 2.05) is 19.1 Å². The summed E-state index contributed by atoms with van der Waals surface area (Å²) >= 11 is 0. The van der Waals surface area contributed by atoms with Gasteiger partial charge in [0.25, 0.3) is 0 Å². The number of Topliss-reactive ketones (excluding diaryl/α,β-unsaturated/α-hetero) is 1. The van der Waals surface area contributed by atoms with Crippen LogP contribution < -0.4 is 0 Å². The molecule has 1 aromatic carbocycles. The molecule has 104 valence electrons. The molecule has 2 aromatic rings. The Morgan fingerprint density at radius 3 is 2.55 bits per heavy atom. The van der Waals surface area contributed by atoms with Crippen molar-refractivity contribution in [2.75, 3.05) is 0 Å². The van der Waals surface area contributed by atoms with Gasteiger partial charge in [-0.25, -0.2) is 0 Å². The maximum atomic E-state index is 12.3. The van der Waals surface area contributed by atoms with Crippen molar-refractivity contribution in [2.24, 2.45) is 0 Å². The molecule has 0 bridgehead atoms. The smallest absolute Gasteiger partial charge is 0.358 e. The van der Waals surface area contributed by atoms with Crippen LogP contribution in [0.1, 0.15) is 35.8 Å². The number of benzene rings is 1. The highest BCUT2D eigenvalue weighted by Crippen LogP contribution is 2.17. The number of rotatable bonds is 5. The molecule has 0 N–H and O–H groups in total. The van der Waals surface area contributed by atoms with Crippen LogP contribution in [0.25, 0.3) is 0 Å². The molecule has 0 amide bonds. The second-order valence-corrected chi connectivity index (χ2v) is 4.53. The second kappa shape index (κ2) is 5.64. The van der Waals surface area contributed by atoms with E-state index >= 15 is 0 Å². The molecule has 0 spiro atoms. The standard InChI is InChI=1S/C14H15N3O3/c1-3-11-4-6-12(7-5-11)14(18)10(2)16-8-13(15-9-16)17(19)20/h4-10H,3H2,1-2H3. The van der Waals surface area contributed by atoms with Gasteiger partial charge in [-0.3, -0.25) is 9.36 Å². The van der Waals surface area contributed by atoms with Gasteiger partial charge in [0.05, 0.1) is 6.04 Å². The molecule has 6 nitrogen and oxygen atoms in total. The molecule has 0 aliphatic carbocycles. The molecule has 0 saturated carbocycles. The molecule has 0 aliphatic rings. The average molecular weight is 273 g/mol. The van der Waals surface area contributed by atoms with Crippen molar-refractivity contribution in [3.63, 3.8) is 0 Å². The first-order valence-corrected chi connectivity index (χ1v) is 6.34. The zero-order valence-corrected chi connectivity index (χ0v) is 11.3. The predicted octanol–water partition coefficient (Wildman–Crippen LogP) is 2.80. The van der Waals surface area contributed by atoms with Crippen molar-refractivity contribution in [1.82, 2.24) is 9.55 Å². The Morgan fingerprint density at radius 1 is 1.40 bits per heavy atom. The minimum atomic E-state index is -0.580. The van der Waals surface area contributed by atoms with Gasteiger partial charge in [0.2, 0.25) is 6.33 Å². The molecular formula is C14H15N3O3. The minimum Gasteiger partial charge on any atom is -0.358 e. The lowest BCUT2D eigenvalue weighted by atomic mass is 10.0. The Labute approximate surface area is 116 Å². The molecule has 1 atom stereocenters. The third kappa shape index (κ3) is 2.74. The lowest BCUT2D eigenvalue weighted by Gasteiger charge is -2.10. The average Bonchev–Trinajstić information content (AvgIpc) is 2.96. The van der Waals surface area contributed by atoms with Gasteiger partial charge in [-0.1, -0.05) is 31.2 Å². The molecule has 6 heteroatoms. The summed E-state index contributed by atoms with van der Waals surface area (Å²) in [6.45, 7) is 3.74. The highest BCUT2D eigenvalue weighted by Gasteiger charge is 2.20. The molecule has 0 fully saturated rings. The summed E-state index contributed by atoms with van der Waals surface area (Å²) in [7, 11) is 0. The van der Waals surface area contributed by atoms with Gasteiger partial charge in [-0.2, -0.15) is 0 Å². The van der Waals surface area contributed by atoms with Gasteiger partial charge < -0.3 is 10.1 Å². The fourth-order valence-electron chi connectivity index (χ4n) is 1.91. The highest BCUT2D eigenvalue weighted by atomic mass is 16.6. The monoisotopic (exact) mass is 273 g/mol. The van der Waals surface area contributed by atoms with Gasteiger partial charge in [0.1, 0.15) is 6.20 Å². The van der Waals surface area contributed by atoms with Crippen LogP contribution in [0, 0.1) is 10.1 Å². The number of nitrogens with zero attached hydrogens (tertiary/aromatic N) is 3. The molecule has 0 radical (unpaired) electrons. The van der Waals surface area contributed by atoms with Gasteiger partial charge in [-0.15, -0.1) is 0 Å². The van der Waals surface area contributed by atoms with Crippen LogP contribution in [-0.4, -0.2) is 20.3 Å². The number of ketones is 1. The van der Waals surface area contributed by atoms with E-state index in [2.05, 4.69) is 4.98 Å². The van der Waals surface area contributed by atoms with E-state index in [9.17, 15) is 14.9 Å². The topological polar surface area (TPSA) is 78.0 Å². The van der Waals surface area contributed by atoms with Crippen LogP contribution in [0.4, 0.5) is 5.82 Å². The van der Waals surface area contributed by atoms with Crippen LogP contribution in [0.15, 0.2) is 36.8 Å². The van der Waals surface area contributed by atoms with E-state index in [1.165, 1.54) is 17.1 Å². The molecule has 0 saturated heterocycles. The summed E-state index contributed by atoms with van der Waals surface area (Å²) in [6.07, 6.45) is 3.49. The molecule has 1 heterocycles. The summed E-state index contributed by atoms with van der Waals surface area (Å²) < 4.78 is 1.45. The van der Waals surface area contributed by atoms with Gasteiger partial charge in [0, 0.05) is 5.56 Å². The number of aromatic nitrogens is 2. The third-order valence-corrected chi connectivity index (χ3v) is 3.25. The van der Waals surface area contributed by atoms with E-state index in [1.54, 1.807) is 19.1 Å². The molecule has 1 unspecified atom stereocenters. The fourth-order valence-corrected chi connectivity index (χ4v) is 1.91. The quantitative estimate of drug-likeness (QED) is 0.476. The van der Waals surface area contributed by atoms with Gasteiger partial charge in [-0.05, 0) is 28.8 Å². The van der Waals surface area contributed by atoms with Crippen LogP contribution in [0.2, 0.25) is 0 Å². The zero-order valence-electron chi connectivity index (χ0n) is 11.3. The van der Waals surface area contributed by atoms with Gasteiger partial charge in [0.15, 0.2) is 5.78 Å². The van der Waals surface area contributed by atoms with Crippen molar-refractivity contribution in [3.05, 3.63) is 58.0 Å². The van der Waals surface area contributed by atoms with Crippen molar-refractivity contribution < 1.29 is 9.72 Å². The third-order valence-electron chi connectivity index (χ3n) is 3.25. The molecule has 2 rings (SSSR count). The van der Waals surface area contributed by atoms with Crippen molar-refractivity contribution in [1.29, 1.82) is 0 Å². The Balaban J connectivity index is 2.20. The number of carbonyl (C=O) groups excluding carboxylic acids is 1. The summed E-state index contributed by atoms with van der Waals surface area (Å²) in [6, 6.07) is 6.86. The number of carbonyl (C=O) groups is 1. The van der Waals surface area contributed by atoms with Gasteiger partial charge >= 0.3 is 5.82 Å². The Kier molecular flexibility index (Phi) is 3.93. The fraction of sp³-hybridized carbons (Fsp3) is 0.286. The maximum Gasteiger partial charge on any atom is 0.381 e. The first-order chi connectivity index (χ1) is 9.52. The summed E-state index contributed by atoms with van der Waals surface area (Å²) in [5, 5.41) is 10.6. The minimum absolute atomic E-state index is 0.0973. The lowest BCUT2D eigenvalue weighted by molar-refractivity contribution is -0.389. The Hall–Kier alpha value is -2.50. The van der Waals surface area contributed by atoms with E-state index in [-0.39, 0.29) is 11.6 Å². The second-order valence-electron chi connectivity index (χ2n) is 4.53. The molecule has 20 heavy (non-hydrogen) atoms. The van der Waals surface area contributed by atoms with Crippen molar-refractivity contribution in [2.45, 2.75) is 26.3 Å². The molecule has 1 aromatic heterocycles. The number of hydrogen-bond acceptors (Lipinski definition) is 4. The molecular weight excluding hydrogens is 258 g/mol. The highest BCUT2D eigenvalue weighted by molar-refractivity contribution is 5.98. The Morgan fingerprint density at radius 2 is 2.05 bits per heavy atom. The van der Waals surface area contributed by atoms with E-state index < -0.39 is 11.0 Å². The van der Waals surface area contributed by atoms with E-state index in [0.717, 1.165) is 12.0 Å². The largest absolute Gasteiger partial charge is 0.381 e. The van der Waals surface area contributed by atoms with E-state index in [4.69, 9.17) is 0 Å². The number of hydrogen-bond donors (Lipinski definition) is 0. The van der Waals surface area contributed by atoms with Crippen LogP contribution in [-0.2, 0) is 6.42 Å². The summed E-state index contributed by atoms with van der Waals surface area (Å²) in [5.74, 6) is -0.356. The number of nitro groups is 1. The zero-order chi connectivity index (χ0) is 14.7. The summed E-state index contributed by atoms with van der Waals surface area (Å²) in [4.78, 5) is 26.0. The summed E-state index contributed by atoms with van der Waals surface area (Å²) in [5.41, 5.74) is 1.75. The number of aryl methyl sites for hydroxylation is 1. The van der Waals surface area contributed by atoms with Crippen molar-refractivity contribution >= 4 is 11.6 Å². The first kappa shape index (κ1) is 13.9. The van der Waals surface area contributed by atoms with Crippen molar-refractivity contribution in [3.8, 4) is 0 Å². The van der Waals surface area contributed by atoms with Crippen LogP contribution in [0.5, 0.6) is 0 Å². The Bertz CT molecular complexity index is 631. The van der Waals surface area contributed by atoms with E-state index in [0.29, 0.717) is 5.56 Å². The predicted molar refractivity (Wildman–Crippen MR) is 73.7 cm³/mol. The normalized spacial score (nSPS) is 12.1. The first-order valence-electron chi connectivity index (χ1n) is 6.34. The lowest BCUT2D eigenvalue weighted by Crippen LogP contribution is -2.15. The SMILES string of the molecule is CCc1ccc(C(=O)C(C)n2cnc([N+](=O)[O-])c2)cc1. The van der Waals surface area contributed by atoms with Crippen LogP contribution >= 0.6 is 0 Å². The van der Waals surface area contributed by atoms with Crippen LogP contribution in [0.3, 0.4) is 0 Å². The maximum absolute atomic E-state index is 12.3. The number of imidazole rings is 1. The molecule has 0 aliphatic heterocycles.